The number of nitrogens with one attached hydrogen (secondary N) is 1. The number of rotatable bonds is 10. The van der Waals surface area contributed by atoms with Crippen LogP contribution >= 0.6 is 11.3 Å². The van der Waals surface area contributed by atoms with Gasteiger partial charge in [-0.2, -0.15) is 0 Å². The molecule has 0 aliphatic carbocycles. The number of carbonyl (C=O) groups is 2. The predicted octanol–water partition coefficient (Wildman–Crippen LogP) is 5.37. The number of anilines is 1. The van der Waals surface area contributed by atoms with Gasteiger partial charge in [0.15, 0.2) is 0 Å². The van der Waals surface area contributed by atoms with Gasteiger partial charge in [0, 0.05) is 30.5 Å². The van der Waals surface area contributed by atoms with Crippen molar-refractivity contribution in [3.8, 4) is 16.9 Å². The molecule has 2 aromatic heterocycles. The zero-order valence-electron chi connectivity index (χ0n) is 21.7. The van der Waals surface area contributed by atoms with E-state index in [4.69, 9.17) is 4.98 Å². The quantitative estimate of drug-likeness (QED) is 0.308. The molecule has 0 aliphatic heterocycles. The molecule has 0 spiro atoms. The summed E-state index contributed by atoms with van der Waals surface area (Å²) >= 11 is 1.38. The van der Waals surface area contributed by atoms with Crippen LogP contribution < -0.4 is 5.32 Å². The molecule has 0 bridgehead atoms. The molecular weight excluding hydrogens is 482 g/mol. The Bertz CT molecular complexity index is 1310. The lowest BCUT2D eigenvalue weighted by Crippen LogP contribution is -2.41. The van der Waals surface area contributed by atoms with Gasteiger partial charge in [-0.05, 0) is 49.2 Å². The molecule has 1 N–H and O–H groups in total. The molecule has 0 atom stereocenters. The van der Waals surface area contributed by atoms with Crippen LogP contribution in [0.25, 0.3) is 16.9 Å². The fourth-order valence-electron chi connectivity index (χ4n) is 3.90. The van der Waals surface area contributed by atoms with E-state index in [1.807, 2.05) is 83.7 Å². The molecule has 0 saturated heterocycles. The summed E-state index contributed by atoms with van der Waals surface area (Å²) in [5.41, 5.74) is 3.84. The first-order chi connectivity index (χ1) is 17.8. The molecule has 2 heterocycles. The van der Waals surface area contributed by atoms with Crippen LogP contribution in [0.1, 0.15) is 35.0 Å². The molecule has 4 rings (SSSR count). The van der Waals surface area contributed by atoms with Crippen molar-refractivity contribution in [3.05, 3.63) is 88.7 Å². The lowest BCUT2D eigenvalue weighted by molar-refractivity contribution is -0.117. The number of carbonyl (C=O) groups excluding carboxylic acids is 2. The third kappa shape index (κ3) is 6.72. The second-order valence-corrected chi connectivity index (χ2v) is 10.4. The number of nitrogens with zero attached hydrogens (tertiary/aromatic N) is 4. The van der Waals surface area contributed by atoms with Crippen molar-refractivity contribution >= 4 is 29.1 Å². The Balaban J connectivity index is 1.60. The first-order valence-electron chi connectivity index (χ1n) is 12.3. The van der Waals surface area contributed by atoms with Gasteiger partial charge in [-0.3, -0.25) is 19.5 Å². The zero-order valence-corrected chi connectivity index (χ0v) is 22.5. The van der Waals surface area contributed by atoms with Gasteiger partial charge in [0.2, 0.25) is 11.9 Å². The summed E-state index contributed by atoms with van der Waals surface area (Å²) in [4.78, 5) is 35.3. The molecule has 0 unspecified atom stereocenters. The Morgan fingerprint density at radius 3 is 2.32 bits per heavy atom. The minimum atomic E-state index is -0.297. The van der Waals surface area contributed by atoms with E-state index in [0.717, 1.165) is 16.9 Å². The van der Waals surface area contributed by atoms with Gasteiger partial charge in [0.1, 0.15) is 6.54 Å². The lowest BCUT2D eigenvalue weighted by atomic mass is 10.0. The minimum Gasteiger partial charge on any atom is -0.327 e. The smallest absolute Gasteiger partial charge is 0.264 e. The zero-order chi connectivity index (χ0) is 26.4. The molecule has 37 heavy (non-hydrogen) atoms. The predicted molar refractivity (Wildman–Crippen MR) is 150 cm³/mol. The summed E-state index contributed by atoms with van der Waals surface area (Å²) in [5.74, 6) is 0.390. The topological polar surface area (TPSA) is 70.5 Å². The molecule has 0 saturated carbocycles. The Hall–Kier alpha value is -3.75. The maximum absolute atomic E-state index is 13.2. The second kappa shape index (κ2) is 12.0. The Kier molecular flexibility index (Phi) is 8.53. The second-order valence-electron chi connectivity index (χ2n) is 9.49. The van der Waals surface area contributed by atoms with Gasteiger partial charge < -0.3 is 9.80 Å². The highest BCUT2D eigenvalue weighted by Gasteiger charge is 2.21. The van der Waals surface area contributed by atoms with E-state index in [9.17, 15) is 9.59 Å². The molecule has 8 heteroatoms. The summed E-state index contributed by atoms with van der Waals surface area (Å²) in [6.45, 7) is 5.34. The van der Waals surface area contributed by atoms with Crippen LogP contribution in [0.3, 0.4) is 0 Å². The van der Waals surface area contributed by atoms with Gasteiger partial charge in [-0.1, -0.05) is 62.4 Å². The highest BCUT2D eigenvalue weighted by Crippen LogP contribution is 2.25. The normalized spacial score (nSPS) is 11.2. The fraction of sp³-hybridized carbons (Fsp3) is 0.276. The number of likely N-dealkylation sites (N-methyl/N-ethyl adjacent to an activating group) is 1. The van der Waals surface area contributed by atoms with E-state index in [1.165, 1.54) is 16.9 Å². The van der Waals surface area contributed by atoms with Crippen LogP contribution in [0.2, 0.25) is 0 Å². The average Bonchev–Trinajstić information content (AvgIpc) is 3.57. The third-order valence-corrected chi connectivity index (χ3v) is 6.89. The largest absolute Gasteiger partial charge is 0.327 e. The molecule has 0 aliphatic rings. The molecular formula is C29H33N5O2S. The Labute approximate surface area is 222 Å². The van der Waals surface area contributed by atoms with Crippen LogP contribution in [0.4, 0.5) is 5.95 Å². The average molecular weight is 516 g/mol. The van der Waals surface area contributed by atoms with E-state index in [0.29, 0.717) is 29.8 Å². The Morgan fingerprint density at radius 1 is 0.973 bits per heavy atom. The first kappa shape index (κ1) is 26.3. The van der Waals surface area contributed by atoms with Crippen molar-refractivity contribution in [3.63, 3.8) is 0 Å². The van der Waals surface area contributed by atoms with Crippen LogP contribution in [-0.4, -0.2) is 64.9 Å². The number of hydrogen-bond acceptors (Lipinski definition) is 5. The highest BCUT2D eigenvalue weighted by atomic mass is 32.1. The summed E-state index contributed by atoms with van der Waals surface area (Å²) in [7, 11) is 3.89. The van der Waals surface area contributed by atoms with Gasteiger partial charge in [-0.25, -0.2) is 4.98 Å². The number of thiophene rings is 1. The lowest BCUT2D eigenvalue weighted by Gasteiger charge is -2.23. The summed E-state index contributed by atoms with van der Waals surface area (Å²) in [5, 5.41) is 4.83. The molecule has 2 amide bonds. The molecule has 2 aromatic carbocycles. The van der Waals surface area contributed by atoms with Gasteiger partial charge in [0.05, 0.1) is 10.6 Å². The van der Waals surface area contributed by atoms with E-state index in [1.54, 1.807) is 11.0 Å². The maximum atomic E-state index is 13.2. The fourth-order valence-corrected chi connectivity index (χ4v) is 4.59. The van der Waals surface area contributed by atoms with Crippen LogP contribution in [0, 0.1) is 0 Å². The SMILES string of the molecule is CC(C)c1ccc(-n2cc(-c3ccccc3)nc2NC(=O)CN(CCN(C)C)C(=O)c2cccs2)cc1. The highest BCUT2D eigenvalue weighted by molar-refractivity contribution is 7.12. The molecule has 192 valence electrons. The van der Waals surface area contributed by atoms with Gasteiger partial charge in [0.25, 0.3) is 5.91 Å². The molecule has 0 fully saturated rings. The molecule has 4 aromatic rings. The van der Waals surface area contributed by atoms with Crippen LogP contribution in [0.15, 0.2) is 78.3 Å². The Morgan fingerprint density at radius 2 is 1.70 bits per heavy atom. The standard InChI is InChI=1S/C29H33N5O2S/c1-21(2)22-12-14-24(15-13-22)34-19-25(23-9-6-5-7-10-23)30-29(34)31-27(35)20-33(17-16-32(3)4)28(36)26-11-8-18-37-26/h5-15,18-19,21H,16-17,20H2,1-4H3,(H,30,31,35). The van der Waals surface area contributed by atoms with Crippen molar-refractivity contribution in [2.45, 2.75) is 19.8 Å². The first-order valence-corrected chi connectivity index (χ1v) is 13.2. The molecule has 0 radical (unpaired) electrons. The summed E-state index contributed by atoms with van der Waals surface area (Å²) < 4.78 is 1.88. The van der Waals surface area contributed by atoms with Crippen molar-refractivity contribution < 1.29 is 9.59 Å². The maximum Gasteiger partial charge on any atom is 0.264 e. The van der Waals surface area contributed by atoms with Gasteiger partial charge >= 0.3 is 0 Å². The van der Waals surface area contributed by atoms with Crippen molar-refractivity contribution in [1.29, 1.82) is 0 Å². The third-order valence-electron chi connectivity index (χ3n) is 6.04. The van der Waals surface area contributed by atoms with Gasteiger partial charge in [-0.15, -0.1) is 11.3 Å². The van der Waals surface area contributed by atoms with Crippen molar-refractivity contribution in [2.75, 3.05) is 39.0 Å². The minimum absolute atomic E-state index is 0.0651. The van der Waals surface area contributed by atoms with Crippen molar-refractivity contribution in [2.24, 2.45) is 0 Å². The van der Waals surface area contributed by atoms with Crippen LogP contribution in [0.5, 0.6) is 0 Å². The monoisotopic (exact) mass is 515 g/mol. The number of hydrogen-bond donors (Lipinski definition) is 1. The van der Waals surface area contributed by atoms with Crippen LogP contribution in [-0.2, 0) is 4.79 Å². The molecule has 7 nitrogen and oxygen atoms in total. The summed E-state index contributed by atoms with van der Waals surface area (Å²) in [6, 6.07) is 21.7. The van der Waals surface area contributed by atoms with E-state index >= 15 is 0 Å². The number of amides is 2. The van der Waals surface area contributed by atoms with E-state index in [2.05, 4.69) is 31.3 Å². The van der Waals surface area contributed by atoms with E-state index < -0.39 is 0 Å². The number of aromatic nitrogens is 2. The van der Waals surface area contributed by atoms with Crippen molar-refractivity contribution in [1.82, 2.24) is 19.4 Å². The summed E-state index contributed by atoms with van der Waals surface area (Å²) in [6.07, 6.45) is 1.93. The van der Waals surface area contributed by atoms with E-state index in [-0.39, 0.29) is 18.4 Å². The number of imidazole rings is 1. The number of benzene rings is 2.